The predicted molar refractivity (Wildman–Crippen MR) is 64.3 cm³/mol. The van der Waals surface area contributed by atoms with Crippen LogP contribution in [-0.4, -0.2) is 41.6 Å². The molecule has 1 amide bonds. The summed E-state index contributed by atoms with van der Waals surface area (Å²) in [6.45, 7) is 0.954. The van der Waals surface area contributed by atoms with Crippen molar-refractivity contribution in [2.24, 2.45) is 5.92 Å². The number of para-hydroxylation sites is 1. The second kappa shape index (κ2) is 5.53. The fourth-order valence-corrected chi connectivity index (χ4v) is 1.77. The number of aliphatic carboxylic acids is 1. The average Bonchev–Trinajstić information content (AvgIpc) is 2.28. The number of ether oxygens (including phenoxy) is 1. The molecule has 1 heterocycles. The van der Waals surface area contributed by atoms with Crippen LogP contribution in [0.25, 0.3) is 0 Å². The summed E-state index contributed by atoms with van der Waals surface area (Å²) in [6, 6.07) is 9.28. The number of amides is 1. The Morgan fingerprint density at radius 1 is 1.28 bits per heavy atom. The molecule has 1 aromatic rings. The fraction of sp³-hybridized carbons (Fsp3) is 0.385. The number of carbonyl (C=O) groups is 2. The summed E-state index contributed by atoms with van der Waals surface area (Å²) in [5, 5.41) is 8.69. The molecular weight excluding hydrogens is 234 g/mol. The minimum atomic E-state index is -0.834. The summed E-state index contributed by atoms with van der Waals surface area (Å²) in [5.41, 5.74) is 0. The molecule has 1 N–H and O–H groups in total. The quantitative estimate of drug-likeness (QED) is 0.845. The van der Waals surface area contributed by atoms with Crippen molar-refractivity contribution >= 4 is 11.9 Å². The molecule has 18 heavy (non-hydrogen) atoms. The Balaban J connectivity index is 1.66. The molecule has 1 aromatic carbocycles. The van der Waals surface area contributed by atoms with Gasteiger partial charge >= 0.3 is 5.97 Å². The minimum Gasteiger partial charge on any atom is -0.493 e. The molecule has 0 aliphatic carbocycles. The Morgan fingerprint density at radius 3 is 2.56 bits per heavy atom. The van der Waals surface area contributed by atoms with E-state index in [0.717, 1.165) is 5.75 Å². The van der Waals surface area contributed by atoms with Crippen LogP contribution in [0.4, 0.5) is 0 Å². The normalized spacial score (nSPS) is 15.0. The maximum absolute atomic E-state index is 11.6. The van der Waals surface area contributed by atoms with Gasteiger partial charge in [0, 0.05) is 13.1 Å². The van der Waals surface area contributed by atoms with Crippen molar-refractivity contribution < 1.29 is 19.4 Å². The van der Waals surface area contributed by atoms with Crippen LogP contribution in [0.5, 0.6) is 5.75 Å². The summed E-state index contributed by atoms with van der Waals surface area (Å²) in [5.74, 6) is -0.552. The number of nitrogens with zero attached hydrogens (tertiary/aromatic N) is 1. The SMILES string of the molecule is O=C(O)C1CN(C(=O)CCOc2ccccc2)C1. The third-order valence-corrected chi connectivity index (χ3v) is 2.91. The summed E-state index contributed by atoms with van der Waals surface area (Å²) in [6.07, 6.45) is 0.279. The van der Waals surface area contributed by atoms with Gasteiger partial charge in [-0.25, -0.2) is 0 Å². The largest absolute Gasteiger partial charge is 0.493 e. The van der Waals surface area contributed by atoms with E-state index in [9.17, 15) is 9.59 Å². The molecule has 5 heteroatoms. The van der Waals surface area contributed by atoms with Gasteiger partial charge in [0.2, 0.25) is 5.91 Å². The predicted octanol–water partition coefficient (Wildman–Crippen LogP) is 0.998. The van der Waals surface area contributed by atoms with Gasteiger partial charge in [-0.3, -0.25) is 9.59 Å². The number of benzene rings is 1. The van der Waals surface area contributed by atoms with Crippen LogP contribution in [0.3, 0.4) is 0 Å². The Kier molecular flexibility index (Phi) is 3.82. The lowest BCUT2D eigenvalue weighted by molar-refractivity contribution is -0.152. The van der Waals surface area contributed by atoms with Crippen molar-refractivity contribution in [3.63, 3.8) is 0 Å². The smallest absolute Gasteiger partial charge is 0.310 e. The molecule has 0 atom stereocenters. The number of hydrogen-bond acceptors (Lipinski definition) is 3. The van der Waals surface area contributed by atoms with Crippen LogP contribution in [0.15, 0.2) is 30.3 Å². The number of rotatable bonds is 5. The van der Waals surface area contributed by atoms with E-state index in [4.69, 9.17) is 9.84 Å². The fourth-order valence-electron chi connectivity index (χ4n) is 1.77. The highest BCUT2D eigenvalue weighted by molar-refractivity contribution is 5.81. The Labute approximate surface area is 105 Å². The maximum atomic E-state index is 11.6. The molecule has 0 unspecified atom stereocenters. The lowest BCUT2D eigenvalue weighted by Gasteiger charge is -2.36. The molecule has 0 spiro atoms. The molecule has 5 nitrogen and oxygen atoms in total. The molecule has 0 aromatic heterocycles. The molecule has 96 valence electrons. The van der Waals surface area contributed by atoms with Crippen molar-refractivity contribution in [1.29, 1.82) is 0 Å². The zero-order valence-corrected chi connectivity index (χ0v) is 9.91. The summed E-state index contributed by atoms with van der Waals surface area (Å²) in [7, 11) is 0. The van der Waals surface area contributed by atoms with Gasteiger partial charge in [0.05, 0.1) is 18.9 Å². The van der Waals surface area contributed by atoms with Crippen molar-refractivity contribution in [2.75, 3.05) is 19.7 Å². The number of carboxylic acid groups (broad SMARTS) is 1. The lowest BCUT2D eigenvalue weighted by Crippen LogP contribution is -2.53. The number of hydrogen-bond donors (Lipinski definition) is 1. The van der Waals surface area contributed by atoms with E-state index in [0.29, 0.717) is 19.7 Å². The molecule has 1 aliphatic rings. The van der Waals surface area contributed by atoms with E-state index in [2.05, 4.69) is 0 Å². The molecule has 0 saturated carbocycles. The number of carboxylic acids is 1. The Bertz CT molecular complexity index is 426. The van der Waals surface area contributed by atoms with Gasteiger partial charge in [0.25, 0.3) is 0 Å². The summed E-state index contributed by atoms with van der Waals surface area (Å²) in [4.78, 5) is 23.8. The molecule has 1 aliphatic heterocycles. The summed E-state index contributed by atoms with van der Waals surface area (Å²) < 4.78 is 5.41. The highest BCUT2D eigenvalue weighted by Crippen LogP contribution is 2.16. The van der Waals surface area contributed by atoms with Crippen LogP contribution in [0.2, 0.25) is 0 Å². The van der Waals surface area contributed by atoms with Crippen LogP contribution in [0.1, 0.15) is 6.42 Å². The zero-order valence-electron chi connectivity index (χ0n) is 9.91. The topological polar surface area (TPSA) is 66.8 Å². The second-order valence-electron chi connectivity index (χ2n) is 4.25. The van der Waals surface area contributed by atoms with E-state index in [-0.39, 0.29) is 12.3 Å². The Hall–Kier alpha value is -2.04. The monoisotopic (exact) mass is 249 g/mol. The molecule has 1 saturated heterocycles. The standard InChI is InChI=1S/C13H15NO4/c15-12(14-8-10(9-14)13(16)17)6-7-18-11-4-2-1-3-5-11/h1-5,10H,6-9H2,(H,16,17). The Morgan fingerprint density at radius 2 is 1.94 bits per heavy atom. The second-order valence-corrected chi connectivity index (χ2v) is 4.25. The first kappa shape index (κ1) is 12.4. The maximum Gasteiger partial charge on any atom is 0.310 e. The van der Waals surface area contributed by atoms with Gasteiger partial charge in [-0.1, -0.05) is 18.2 Å². The molecule has 0 bridgehead atoms. The highest BCUT2D eigenvalue weighted by atomic mass is 16.5. The van der Waals surface area contributed by atoms with Gasteiger partial charge in [-0.15, -0.1) is 0 Å². The third-order valence-electron chi connectivity index (χ3n) is 2.91. The van der Waals surface area contributed by atoms with Crippen LogP contribution in [-0.2, 0) is 9.59 Å². The molecule has 1 fully saturated rings. The first-order chi connectivity index (χ1) is 8.66. The first-order valence-electron chi connectivity index (χ1n) is 5.85. The van der Waals surface area contributed by atoms with E-state index in [1.54, 1.807) is 4.90 Å². The number of carbonyl (C=O) groups excluding carboxylic acids is 1. The lowest BCUT2D eigenvalue weighted by atomic mass is 10.0. The number of likely N-dealkylation sites (tertiary alicyclic amines) is 1. The minimum absolute atomic E-state index is 0.0524. The molecule has 0 radical (unpaired) electrons. The van der Waals surface area contributed by atoms with Gasteiger partial charge in [0.15, 0.2) is 0 Å². The summed E-state index contributed by atoms with van der Waals surface area (Å²) >= 11 is 0. The van der Waals surface area contributed by atoms with E-state index < -0.39 is 11.9 Å². The zero-order chi connectivity index (χ0) is 13.0. The van der Waals surface area contributed by atoms with Gasteiger partial charge < -0.3 is 14.7 Å². The highest BCUT2D eigenvalue weighted by Gasteiger charge is 2.35. The molecular formula is C13H15NO4. The third kappa shape index (κ3) is 3.00. The van der Waals surface area contributed by atoms with E-state index in [1.165, 1.54) is 0 Å². The molecule has 2 rings (SSSR count). The van der Waals surface area contributed by atoms with E-state index >= 15 is 0 Å². The first-order valence-corrected chi connectivity index (χ1v) is 5.85. The van der Waals surface area contributed by atoms with Crippen molar-refractivity contribution in [3.05, 3.63) is 30.3 Å². The van der Waals surface area contributed by atoms with Gasteiger partial charge in [0.1, 0.15) is 5.75 Å². The van der Waals surface area contributed by atoms with Crippen LogP contribution < -0.4 is 4.74 Å². The van der Waals surface area contributed by atoms with Gasteiger partial charge in [-0.2, -0.15) is 0 Å². The average molecular weight is 249 g/mol. The van der Waals surface area contributed by atoms with Crippen molar-refractivity contribution in [2.45, 2.75) is 6.42 Å². The van der Waals surface area contributed by atoms with Crippen molar-refractivity contribution in [1.82, 2.24) is 4.90 Å². The van der Waals surface area contributed by atoms with Crippen LogP contribution in [0, 0.1) is 5.92 Å². The van der Waals surface area contributed by atoms with E-state index in [1.807, 2.05) is 30.3 Å². The van der Waals surface area contributed by atoms with Crippen molar-refractivity contribution in [3.8, 4) is 5.75 Å². The van der Waals surface area contributed by atoms with Crippen LogP contribution >= 0.6 is 0 Å². The van der Waals surface area contributed by atoms with Gasteiger partial charge in [-0.05, 0) is 12.1 Å².